The van der Waals surface area contributed by atoms with Gasteiger partial charge in [0.2, 0.25) is 0 Å². The number of hydrogen-bond donors (Lipinski definition) is 1. The molecular weight excluding hydrogens is 246 g/mol. The number of rotatable bonds is 7. The van der Waals surface area contributed by atoms with E-state index in [1.165, 1.54) is 50.6 Å². The fraction of sp³-hybridized carbons (Fsp3) is 0.824. The Balaban J connectivity index is 1.72. The van der Waals surface area contributed by atoms with Gasteiger partial charge in [0.15, 0.2) is 0 Å². The molecule has 3 atom stereocenters. The molecule has 0 spiro atoms. The smallest absolute Gasteiger partial charge is 0.0521 e. The van der Waals surface area contributed by atoms with Crippen LogP contribution in [-0.2, 0) is 13.0 Å². The molecule has 112 valence electrons. The summed E-state index contributed by atoms with van der Waals surface area (Å²) in [5.74, 6) is 1.95. The maximum Gasteiger partial charge on any atom is 0.0521 e. The van der Waals surface area contributed by atoms with Crippen molar-refractivity contribution in [3.8, 4) is 0 Å². The molecule has 3 heteroatoms. The summed E-state index contributed by atoms with van der Waals surface area (Å²) in [4.78, 5) is 0. The van der Waals surface area contributed by atoms with Gasteiger partial charge in [0.05, 0.1) is 6.20 Å². The molecule has 2 aliphatic carbocycles. The predicted octanol–water partition coefficient (Wildman–Crippen LogP) is 3.25. The van der Waals surface area contributed by atoms with E-state index in [4.69, 9.17) is 0 Å². The highest BCUT2D eigenvalue weighted by atomic mass is 15.3. The minimum absolute atomic E-state index is 0.514. The molecule has 3 unspecified atom stereocenters. The SMILES string of the molecule is CCCNCC1(Cc2cnn(CC)c2)CC2CCC1C2. The Morgan fingerprint density at radius 3 is 2.90 bits per heavy atom. The molecule has 0 radical (unpaired) electrons. The minimum atomic E-state index is 0.514. The lowest BCUT2D eigenvalue weighted by Crippen LogP contribution is -2.40. The second-order valence-corrected chi connectivity index (χ2v) is 7.00. The zero-order valence-electron chi connectivity index (χ0n) is 13.1. The maximum atomic E-state index is 4.46. The van der Waals surface area contributed by atoms with Crippen molar-refractivity contribution in [2.45, 2.75) is 58.9 Å². The number of aryl methyl sites for hydroxylation is 1. The van der Waals surface area contributed by atoms with Crippen molar-refractivity contribution >= 4 is 0 Å². The summed E-state index contributed by atoms with van der Waals surface area (Å²) in [6.45, 7) is 7.76. The Labute approximate surface area is 123 Å². The maximum absolute atomic E-state index is 4.46. The van der Waals surface area contributed by atoms with Crippen molar-refractivity contribution in [1.82, 2.24) is 15.1 Å². The average Bonchev–Trinajstić information content (AvgIpc) is 3.14. The standard InChI is InChI=1S/C17H29N3/c1-3-7-18-13-17(9-14-5-6-16(17)8-14)10-15-11-19-20(4-2)12-15/h11-12,14,16,18H,3-10,13H2,1-2H3. The first-order valence-electron chi connectivity index (χ1n) is 8.48. The molecule has 3 nitrogen and oxygen atoms in total. The molecular formula is C17H29N3. The van der Waals surface area contributed by atoms with Crippen molar-refractivity contribution in [3.05, 3.63) is 18.0 Å². The highest BCUT2D eigenvalue weighted by Gasteiger charge is 2.50. The second kappa shape index (κ2) is 5.88. The highest BCUT2D eigenvalue weighted by Crippen LogP contribution is 2.57. The Morgan fingerprint density at radius 1 is 1.40 bits per heavy atom. The third-order valence-electron chi connectivity index (χ3n) is 5.57. The molecule has 2 aliphatic rings. The molecule has 2 bridgehead atoms. The van der Waals surface area contributed by atoms with E-state index in [1.54, 1.807) is 0 Å². The van der Waals surface area contributed by atoms with Gasteiger partial charge in [0, 0.05) is 19.3 Å². The summed E-state index contributed by atoms with van der Waals surface area (Å²) in [6.07, 6.45) is 12.7. The quantitative estimate of drug-likeness (QED) is 0.774. The zero-order valence-corrected chi connectivity index (χ0v) is 13.1. The van der Waals surface area contributed by atoms with E-state index < -0.39 is 0 Å². The van der Waals surface area contributed by atoms with Gasteiger partial charge >= 0.3 is 0 Å². The molecule has 2 saturated carbocycles. The van der Waals surface area contributed by atoms with Gasteiger partial charge < -0.3 is 5.32 Å². The Morgan fingerprint density at radius 2 is 2.30 bits per heavy atom. The van der Waals surface area contributed by atoms with E-state index >= 15 is 0 Å². The van der Waals surface area contributed by atoms with Crippen LogP contribution in [0.2, 0.25) is 0 Å². The van der Waals surface area contributed by atoms with Crippen LogP contribution in [-0.4, -0.2) is 22.9 Å². The van der Waals surface area contributed by atoms with Crippen molar-refractivity contribution in [2.24, 2.45) is 17.3 Å². The van der Waals surface area contributed by atoms with Crippen LogP contribution in [0.3, 0.4) is 0 Å². The molecule has 1 aromatic rings. The fourth-order valence-corrected chi connectivity index (χ4v) is 4.64. The number of nitrogens with one attached hydrogen (secondary N) is 1. The third-order valence-corrected chi connectivity index (χ3v) is 5.57. The van der Waals surface area contributed by atoms with Gasteiger partial charge in [0.1, 0.15) is 0 Å². The lowest BCUT2D eigenvalue weighted by atomic mass is 9.69. The number of nitrogens with zero attached hydrogens (tertiary/aromatic N) is 2. The van der Waals surface area contributed by atoms with Gasteiger partial charge in [-0.2, -0.15) is 5.10 Å². The second-order valence-electron chi connectivity index (χ2n) is 7.00. The van der Waals surface area contributed by atoms with Gasteiger partial charge in [0.25, 0.3) is 0 Å². The van der Waals surface area contributed by atoms with E-state index in [0.717, 1.165) is 24.9 Å². The molecule has 0 saturated heterocycles. The first-order valence-corrected chi connectivity index (χ1v) is 8.48. The van der Waals surface area contributed by atoms with Crippen LogP contribution < -0.4 is 5.32 Å². The molecule has 1 aromatic heterocycles. The van der Waals surface area contributed by atoms with Crippen LogP contribution in [0, 0.1) is 17.3 Å². The summed E-state index contributed by atoms with van der Waals surface area (Å²) >= 11 is 0. The van der Waals surface area contributed by atoms with Crippen molar-refractivity contribution < 1.29 is 0 Å². The molecule has 0 aliphatic heterocycles. The molecule has 0 amide bonds. The Hall–Kier alpha value is -0.830. The van der Waals surface area contributed by atoms with E-state index in [0.29, 0.717) is 5.41 Å². The summed E-state index contributed by atoms with van der Waals surface area (Å²) in [5.41, 5.74) is 1.96. The number of aromatic nitrogens is 2. The fourth-order valence-electron chi connectivity index (χ4n) is 4.64. The van der Waals surface area contributed by atoms with Crippen molar-refractivity contribution in [1.29, 1.82) is 0 Å². The molecule has 3 rings (SSSR count). The zero-order chi connectivity index (χ0) is 14.0. The first kappa shape index (κ1) is 14.1. The number of hydrogen-bond acceptors (Lipinski definition) is 2. The van der Waals surface area contributed by atoms with Crippen molar-refractivity contribution in [2.75, 3.05) is 13.1 Å². The predicted molar refractivity (Wildman–Crippen MR) is 82.6 cm³/mol. The van der Waals surface area contributed by atoms with Crippen LogP contribution in [0.4, 0.5) is 0 Å². The van der Waals surface area contributed by atoms with Gasteiger partial charge in [-0.25, -0.2) is 0 Å². The van der Waals surface area contributed by atoms with Gasteiger partial charge in [-0.15, -0.1) is 0 Å². The molecule has 20 heavy (non-hydrogen) atoms. The molecule has 2 fully saturated rings. The minimum Gasteiger partial charge on any atom is -0.316 e. The average molecular weight is 275 g/mol. The van der Waals surface area contributed by atoms with E-state index in [1.807, 2.05) is 0 Å². The Kier molecular flexibility index (Phi) is 4.16. The first-order chi connectivity index (χ1) is 9.75. The van der Waals surface area contributed by atoms with Crippen molar-refractivity contribution in [3.63, 3.8) is 0 Å². The van der Waals surface area contributed by atoms with Crippen LogP contribution in [0.25, 0.3) is 0 Å². The van der Waals surface area contributed by atoms with Crippen LogP contribution in [0.5, 0.6) is 0 Å². The number of fused-ring (bicyclic) bond motifs is 2. The summed E-state index contributed by atoms with van der Waals surface area (Å²) in [6, 6.07) is 0. The third kappa shape index (κ3) is 2.65. The van der Waals surface area contributed by atoms with E-state index in [9.17, 15) is 0 Å². The van der Waals surface area contributed by atoms with Crippen LogP contribution >= 0.6 is 0 Å². The van der Waals surface area contributed by atoms with E-state index in [-0.39, 0.29) is 0 Å². The molecule has 0 aromatic carbocycles. The molecule has 1 N–H and O–H groups in total. The van der Waals surface area contributed by atoms with Crippen LogP contribution in [0.15, 0.2) is 12.4 Å². The van der Waals surface area contributed by atoms with E-state index in [2.05, 4.69) is 41.3 Å². The van der Waals surface area contributed by atoms with Gasteiger partial charge in [-0.05, 0) is 68.4 Å². The lowest BCUT2D eigenvalue weighted by Gasteiger charge is -2.38. The summed E-state index contributed by atoms with van der Waals surface area (Å²) < 4.78 is 2.07. The normalized spacial score (nSPS) is 32.1. The van der Waals surface area contributed by atoms with Crippen LogP contribution in [0.1, 0.15) is 51.5 Å². The van der Waals surface area contributed by atoms with Gasteiger partial charge in [-0.3, -0.25) is 4.68 Å². The molecule has 1 heterocycles. The largest absolute Gasteiger partial charge is 0.316 e. The van der Waals surface area contributed by atoms with Gasteiger partial charge in [-0.1, -0.05) is 13.3 Å². The Bertz CT molecular complexity index is 439. The lowest BCUT2D eigenvalue weighted by molar-refractivity contribution is 0.156. The highest BCUT2D eigenvalue weighted by molar-refractivity contribution is 5.13. The monoisotopic (exact) mass is 275 g/mol. The topological polar surface area (TPSA) is 29.9 Å². The summed E-state index contributed by atoms with van der Waals surface area (Å²) in [5, 5.41) is 8.18. The summed E-state index contributed by atoms with van der Waals surface area (Å²) in [7, 11) is 0.